The number of hydrogen-bond donors (Lipinski definition) is 1. The summed E-state index contributed by atoms with van der Waals surface area (Å²) in [7, 11) is 0. The minimum Gasteiger partial charge on any atom is -0.377 e. The van der Waals surface area contributed by atoms with Crippen LogP contribution < -0.4 is 10.2 Å². The van der Waals surface area contributed by atoms with Gasteiger partial charge in [0.1, 0.15) is 0 Å². The molecule has 0 bridgehead atoms. The van der Waals surface area contributed by atoms with Gasteiger partial charge >= 0.3 is 0 Å². The predicted molar refractivity (Wildman–Crippen MR) is 88.3 cm³/mol. The van der Waals surface area contributed by atoms with Crippen LogP contribution in [0, 0.1) is 5.92 Å². The zero-order chi connectivity index (χ0) is 14.5. The van der Waals surface area contributed by atoms with Crippen LogP contribution in [0.5, 0.6) is 0 Å². The Labute approximate surface area is 130 Å². The zero-order valence-electron chi connectivity index (χ0n) is 12.7. The summed E-state index contributed by atoms with van der Waals surface area (Å²) in [5.41, 5.74) is 2.69. The molecule has 1 N–H and O–H groups in total. The number of benzene rings is 1. The molecular formula is C16H25BrN2O. The number of nitrogens with one attached hydrogen (secondary N) is 1. The number of halogens is 1. The van der Waals surface area contributed by atoms with Crippen LogP contribution in [0.3, 0.4) is 0 Å². The van der Waals surface area contributed by atoms with E-state index in [1.807, 2.05) is 0 Å². The van der Waals surface area contributed by atoms with Gasteiger partial charge in [0.15, 0.2) is 0 Å². The minimum absolute atomic E-state index is 0.439. The third-order valence-corrected chi connectivity index (χ3v) is 4.08. The number of anilines is 1. The van der Waals surface area contributed by atoms with Gasteiger partial charge in [0.25, 0.3) is 0 Å². The van der Waals surface area contributed by atoms with Crippen molar-refractivity contribution in [2.75, 3.05) is 31.2 Å². The molecule has 1 heterocycles. The van der Waals surface area contributed by atoms with E-state index >= 15 is 0 Å². The molecule has 0 radical (unpaired) electrons. The topological polar surface area (TPSA) is 24.5 Å². The van der Waals surface area contributed by atoms with E-state index in [1.165, 1.54) is 11.3 Å². The van der Waals surface area contributed by atoms with Crippen LogP contribution in [0.1, 0.15) is 26.3 Å². The van der Waals surface area contributed by atoms with Crippen LogP contribution in [0.2, 0.25) is 0 Å². The smallest absolute Gasteiger partial charge is 0.0668 e. The van der Waals surface area contributed by atoms with Crippen LogP contribution in [0.15, 0.2) is 22.7 Å². The van der Waals surface area contributed by atoms with E-state index in [9.17, 15) is 0 Å². The SMILES string of the molecule is CC(C)CNCc1cc(Br)ccc1N1CCOCC1C. The van der Waals surface area contributed by atoms with E-state index in [0.717, 1.165) is 37.3 Å². The van der Waals surface area contributed by atoms with Crippen molar-refractivity contribution >= 4 is 21.6 Å². The fraction of sp³-hybridized carbons (Fsp3) is 0.625. The molecule has 1 unspecified atom stereocenters. The molecule has 1 fully saturated rings. The lowest BCUT2D eigenvalue weighted by Gasteiger charge is -2.36. The van der Waals surface area contributed by atoms with Gasteiger partial charge in [0.05, 0.1) is 13.2 Å². The van der Waals surface area contributed by atoms with Gasteiger partial charge in [-0.05, 0) is 43.1 Å². The van der Waals surface area contributed by atoms with Gasteiger partial charge in [-0.15, -0.1) is 0 Å². The lowest BCUT2D eigenvalue weighted by molar-refractivity contribution is 0.0988. The maximum atomic E-state index is 5.54. The molecule has 1 atom stereocenters. The highest BCUT2D eigenvalue weighted by molar-refractivity contribution is 9.10. The molecule has 20 heavy (non-hydrogen) atoms. The van der Waals surface area contributed by atoms with E-state index in [0.29, 0.717) is 12.0 Å². The van der Waals surface area contributed by atoms with Crippen molar-refractivity contribution in [2.24, 2.45) is 5.92 Å². The maximum Gasteiger partial charge on any atom is 0.0668 e. The summed E-state index contributed by atoms with van der Waals surface area (Å²) in [5, 5.41) is 3.54. The van der Waals surface area contributed by atoms with Crippen LogP contribution >= 0.6 is 15.9 Å². The molecule has 0 amide bonds. The third-order valence-electron chi connectivity index (χ3n) is 3.59. The van der Waals surface area contributed by atoms with Crippen LogP contribution in [-0.2, 0) is 11.3 Å². The molecule has 0 aromatic heterocycles. The van der Waals surface area contributed by atoms with E-state index in [1.54, 1.807) is 0 Å². The van der Waals surface area contributed by atoms with Crippen molar-refractivity contribution in [3.05, 3.63) is 28.2 Å². The third kappa shape index (κ3) is 4.21. The molecule has 0 spiro atoms. The fourth-order valence-corrected chi connectivity index (χ4v) is 2.96. The van der Waals surface area contributed by atoms with Crippen LogP contribution in [0.25, 0.3) is 0 Å². The first-order chi connectivity index (χ1) is 9.58. The Morgan fingerprint density at radius 1 is 1.45 bits per heavy atom. The first kappa shape index (κ1) is 15.8. The zero-order valence-corrected chi connectivity index (χ0v) is 14.2. The number of morpholine rings is 1. The predicted octanol–water partition coefficient (Wildman–Crippen LogP) is 3.42. The van der Waals surface area contributed by atoms with Crippen molar-refractivity contribution < 1.29 is 4.74 Å². The molecule has 0 aliphatic carbocycles. The lowest BCUT2D eigenvalue weighted by atomic mass is 10.1. The van der Waals surface area contributed by atoms with E-state index < -0.39 is 0 Å². The summed E-state index contributed by atoms with van der Waals surface area (Å²) in [4.78, 5) is 2.46. The number of ether oxygens (including phenoxy) is 1. The standard InChI is InChI=1S/C16H25BrN2O/c1-12(2)9-18-10-14-8-15(17)4-5-16(14)19-6-7-20-11-13(19)3/h4-5,8,12-13,18H,6-7,9-11H2,1-3H3. The Bertz CT molecular complexity index is 436. The summed E-state index contributed by atoms with van der Waals surface area (Å²) in [6.07, 6.45) is 0. The number of hydrogen-bond acceptors (Lipinski definition) is 3. The highest BCUT2D eigenvalue weighted by Crippen LogP contribution is 2.27. The molecular weight excluding hydrogens is 316 g/mol. The summed E-state index contributed by atoms with van der Waals surface area (Å²) in [6.45, 7) is 11.3. The first-order valence-electron chi connectivity index (χ1n) is 7.41. The van der Waals surface area contributed by atoms with Gasteiger partial charge in [-0.25, -0.2) is 0 Å². The molecule has 1 aromatic rings. The maximum absolute atomic E-state index is 5.54. The Kier molecular flexibility index (Phi) is 5.87. The quantitative estimate of drug-likeness (QED) is 0.888. The molecule has 3 nitrogen and oxygen atoms in total. The summed E-state index contributed by atoms with van der Waals surface area (Å²) < 4.78 is 6.69. The second-order valence-corrected chi connectivity index (χ2v) is 6.83. The Morgan fingerprint density at radius 2 is 2.25 bits per heavy atom. The van der Waals surface area contributed by atoms with Gasteiger partial charge < -0.3 is 15.0 Å². The van der Waals surface area contributed by atoms with Crippen molar-refractivity contribution in [1.82, 2.24) is 5.32 Å². The average molecular weight is 341 g/mol. The molecule has 1 saturated heterocycles. The summed E-state index contributed by atoms with van der Waals surface area (Å²) in [5.74, 6) is 0.674. The van der Waals surface area contributed by atoms with Crippen LogP contribution in [0.4, 0.5) is 5.69 Å². The van der Waals surface area contributed by atoms with E-state index in [2.05, 4.69) is 65.1 Å². The van der Waals surface area contributed by atoms with Gasteiger partial charge in [0, 0.05) is 29.3 Å². The highest BCUT2D eigenvalue weighted by atomic mass is 79.9. The summed E-state index contributed by atoms with van der Waals surface area (Å²) in [6, 6.07) is 7.01. The minimum atomic E-state index is 0.439. The molecule has 112 valence electrons. The molecule has 0 saturated carbocycles. The van der Waals surface area contributed by atoms with Crippen molar-refractivity contribution in [2.45, 2.75) is 33.4 Å². The van der Waals surface area contributed by atoms with Crippen molar-refractivity contribution in [1.29, 1.82) is 0 Å². The second-order valence-electron chi connectivity index (χ2n) is 5.92. The van der Waals surface area contributed by atoms with Crippen molar-refractivity contribution in [3.8, 4) is 0 Å². The molecule has 1 aromatic carbocycles. The van der Waals surface area contributed by atoms with E-state index in [4.69, 9.17) is 4.74 Å². The highest BCUT2D eigenvalue weighted by Gasteiger charge is 2.21. The Hall–Kier alpha value is -0.580. The normalized spacial score (nSPS) is 19.6. The van der Waals surface area contributed by atoms with Crippen LogP contribution in [-0.4, -0.2) is 32.3 Å². The monoisotopic (exact) mass is 340 g/mol. The van der Waals surface area contributed by atoms with Gasteiger partial charge in [-0.2, -0.15) is 0 Å². The number of nitrogens with zero attached hydrogens (tertiary/aromatic N) is 1. The second kappa shape index (κ2) is 7.43. The van der Waals surface area contributed by atoms with Gasteiger partial charge in [-0.3, -0.25) is 0 Å². The van der Waals surface area contributed by atoms with E-state index in [-0.39, 0.29) is 0 Å². The number of rotatable bonds is 5. The lowest BCUT2D eigenvalue weighted by Crippen LogP contribution is -2.44. The molecule has 2 rings (SSSR count). The average Bonchev–Trinajstić information content (AvgIpc) is 2.40. The fourth-order valence-electron chi connectivity index (χ4n) is 2.56. The largest absolute Gasteiger partial charge is 0.377 e. The van der Waals surface area contributed by atoms with Gasteiger partial charge in [0.2, 0.25) is 0 Å². The summed E-state index contributed by atoms with van der Waals surface area (Å²) >= 11 is 3.59. The molecule has 4 heteroatoms. The Balaban J connectivity index is 2.14. The molecule has 1 aliphatic heterocycles. The Morgan fingerprint density at radius 3 is 2.95 bits per heavy atom. The molecule has 1 aliphatic rings. The van der Waals surface area contributed by atoms with Crippen molar-refractivity contribution in [3.63, 3.8) is 0 Å². The van der Waals surface area contributed by atoms with Gasteiger partial charge in [-0.1, -0.05) is 29.8 Å². The first-order valence-corrected chi connectivity index (χ1v) is 8.20.